The minimum Gasteiger partial charge on any atom is -0.347 e. The van der Waals surface area contributed by atoms with E-state index in [4.69, 9.17) is 4.98 Å². The van der Waals surface area contributed by atoms with E-state index in [1.807, 2.05) is 24.5 Å². The van der Waals surface area contributed by atoms with Crippen LogP contribution in [0.2, 0.25) is 0 Å². The van der Waals surface area contributed by atoms with Crippen molar-refractivity contribution in [2.45, 2.75) is 31.8 Å². The first-order valence-corrected chi connectivity index (χ1v) is 8.91. The van der Waals surface area contributed by atoms with Crippen LogP contribution >= 0.6 is 27.3 Å². The summed E-state index contributed by atoms with van der Waals surface area (Å²) in [5.74, 6) is 0. The van der Waals surface area contributed by atoms with Gasteiger partial charge >= 0.3 is 0 Å². The first-order valence-electron chi connectivity index (χ1n) is 7.30. The van der Waals surface area contributed by atoms with E-state index in [1.54, 1.807) is 0 Å². The third-order valence-corrected chi connectivity index (χ3v) is 6.08. The predicted molar refractivity (Wildman–Crippen MR) is 93.1 cm³/mol. The molecule has 0 fully saturated rings. The molecule has 0 bridgehead atoms. The van der Waals surface area contributed by atoms with Gasteiger partial charge in [-0.1, -0.05) is 45.5 Å². The summed E-state index contributed by atoms with van der Waals surface area (Å²) >= 11 is 5.46. The van der Waals surface area contributed by atoms with Gasteiger partial charge in [-0.15, -0.1) is 0 Å². The van der Waals surface area contributed by atoms with E-state index in [-0.39, 0.29) is 0 Å². The number of fused-ring (bicyclic) bond motifs is 1. The topological polar surface area (TPSA) is 28.2 Å². The normalized spacial score (nSPS) is 17.6. The van der Waals surface area contributed by atoms with Gasteiger partial charge in [0, 0.05) is 29.0 Å². The van der Waals surface area contributed by atoms with E-state index in [0.717, 1.165) is 22.6 Å². The fourth-order valence-corrected chi connectivity index (χ4v) is 4.42. The minimum atomic E-state index is 0.483. The van der Waals surface area contributed by atoms with Crippen molar-refractivity contribution in [3.63, 3.8) is 0 Å². The Balaban J connectivity index is 1.81. The smallest absolute Gasteiger partial charge is 0.185 e. The van der Waals surface area contributed by atoms with Crippen LogP contribution < -0.4 is 10.2 Å². The van der Waals surface area contributed by atoms with Crippen molar-refractivity contribution in [3.8, 4) is 0 Å². The lowest BCUT2D eigenvalue weighted by molar-refractivity contribution is 0.501. The number of halogens is 1. The molecule has 0 saturated carbocycles. The van der Waals surface area contributed by atoms with Crippen LogP contribution in [-0.4, -0.2) is 19.1 Å². The van der Waals surface area contributed by atoms with Gasteiger partial charge in [0.25, 0.3) is 0 Å². The second-order valence-electron chi connectivity index (χ2n) is 5.49. The highest BCUT2D eigenvalue weighted by molar-refractivity contribution is 9.10. The maximum Gasteiger partial charge on any atom is 0.185 e. The number of aromatic nitrogens is 1. The lowest BCUT2D eigenvalue weighted by Gasteiger charge is -2.19. The molecule has 0 amide bonds. The van der Waals surface area contributed by atoms with E-state index in [1.165, 1.54) is 29.0 Å². The van der Waals surface area contributed by atoms with Gasteiger partial charge in [-0.05, 0) is 37.9 Å². The molecular weight excluding hydrogens is 346 g/mol. The molecule has 1 aromatic carbocycles. The third kappa shape index (κ3) is 3.15. The molecule has 3 nitrogen and oxygen atoms in total. The first kappa shape index (κ1) is 15.0. The zero-order chi connectivity index (χ0) is 14.8. The molecule has 1 atom stereocenters. The maximum absolute atomic E-state index is 4.86. The van der Waals surface area contributed by atoms with Crippen LogP contribution in [0, 0.1) is 0 Å². The van der Waals surface area contributed by atoms with Gasteiger partial charge in [-0.3, -0.25) is 0 Å². The SMILES string of the molecule is CNC1CCCc2nc(N(C)Cc3ccccc3Br)sc21. The summed E-state index contributed by atoms with van der Waals surface area (Å²) in [4.78, 5) is 8.54. The number of nitrogens with one attached hydrogen (secondary N) is 1. The van der Waals surface area contributed by atoms with E-state index in [2.05, 4.69) is 51.4 Å². The monoisotopic (exact) mass is 365 g/mol. The van der Waals surface area contributed by atoms with Gasteiger partial charge in [-0.25, -0.2) is 4.98 Å². The molecule has 21 heavy (non-hydrogen) atoms. The molecule has 0 aliphatic heterocycles. The van der Waals surface area contributed by atoms with E-state index >= 15 is 0 Å². The van der Waals surface area contributed by atoms with Crippen LogP contribution in [0.3, 0.4) is 0 Å². The number of hydrogen-bond donors (Lipinski definition) is 1. The molecule has 3 rings (SSSR count). The van der Waals surface area contributed by atoms with Gasteiger partial charge < -0.3 is 10.2 Å². The lowest BCUT2D eigenvalue weighted by atomic mass is 9.98. The first-order chi connectivity index (χ1) is 10.2. The Morgan fingerprint density at radius 3 is 3.00 bits per heavy atom. The lowest BCUT2D eigenvalue weighted by Crippen LogP contribution is -2.19. The third-order valence-electron chi connectivity index (χ3n) is 3.98. The van der Waals surface area contributed by atoms with Crippen molar-refractivity contribution < 1.29 is 0 Å². The fourth-order valence-electron chi connectivity index (χ4n) is 2.80. The molecule has 1 aliphatic rings. The molecule has 2 aromatic rings. The van der Waals surface area contributed by atoms with Gasteiger partial charge in [0.15, 0.2) is 5.13 Å². The van der Waals surface area contributed by atoms with Crippen molar-refractivity contribution in [2.24, 2.45) is 0 Å². The van der Waals surface area contributed by atoms with Crippen molar-refractivity contribution >= 4 is 32.4 Å². The molecule has 0 radical (unpaired) electrons. The molecule has 1 aromatic heterocycles. The standard InChI is InChI=1S/C16H20BrN3S/c1-18-13-8-5-9-14-15(13)21-16(19-14)20(2)10-11-6-3-4-7-12(11)17/h3-4,6-7,13,18H,5,8-10H2,1-2H3. The maximum atomic E-state index is 4.86. The minimum absolute atomic E-state index is 0.483. The fraction of sp³-hybridized carbons (Fsp3) is 0.438. The van der Waals surface area contributed by atoms with Gasteiger partial charge in [0.1, 0.15) is 0 Å². The van der Waals surface area contributed by atoms with E-state index in [0.29, 0.717) is 6.04 Å². The second kappa shape index (κ2) is 6.46. The Bertz CT molecular complexity index is 626. The number of thiazole rings is 1. The Kier molecular flexibility index (Phi) is 4.62. The molecule has 1 aliphatic carbocycles. The van der Waals surface area contributed by atoms with Crippen molar-refractivity contribution in [3.05, 3.63) is 44.9 Å². The van der Waals surface area contributed by atoms with E-state index < -0.39 is 0 Å². The van der Waals surface area contributed by atoms with Crippen LogP contribution in [0.1, 0.15) is 35.0 Å². The summed E-state index contributed by atoms with van der Waals surface area (Å²) in [5.41, 5.74) is 2.58. The summed E-state index contributed by atoms with van der Waals surface area (Å²) in [7, 11) is 4.17. The van der Waals surface area contributed by atoms with Crippen LogP contribution in [-0.2, 0) is 13.0 Å². The van der Waals surface area contributed by atoms with Crippen LogP contribution in [0.15, 0.2) is 28.7 Å². The molecule has 1 heterocycles. The number of nitrogens with zero attached hydrogens (tertiary/aromatic N) is 2. The average Bonchev–Trinajstić information content (AvgIpc) is 2.93. The Labute approximate surface area is 138 Å². The number of aryl methyl sites for hydroxylation is 1. The molecule has 1 N–H and O–H groups in total. The molecule has 112 valence electrons. The average molecular weight is 366 g/mol. The largest absolute Gasteiger partial charge is 0.347 e. The van der Waals surface area contributed by atoms with Crippen LogP contribution in [0.5, 0.6) is 0 Å². The summed E-state index contributed by atoms with van der Waals surface area (Å²) in [6, 6.07) is 8.86. The number of benzene rings is 1. The zero-order valence-corrected chi connectivity index (χ0v) is 14.8. The Morgan fingerprint density at radius 1 is 1.43 bits per heavy atom. The van der Waals surface area contributed by atoms with Crippen LogP contribution in [0.4, 0.5) is 5.13 Å². The second-order valence-corrected chi connectivity index (χ2v) is 7.35. The number of rotatable bonds is 4. The number of anilines is 1. The van der Waals surface area contributed by atoms with Crippen LogP contribution in [0.25, 0.3) is 0 Å². The predicted octanol–water partition coefficient (Wildman–Crippen LogP) is 4.14. The molecular formula is C16H20BrN3S. The summed E-state index contributed by atoms with van der Waals surface area (Å²) < 4.78 is 1.16. The van der Waals surface area contributed by atoms with Gasteiger partial charge in [0.05, 0.1) is 5.69 Å². The van der Waals surface area contributed by atoms with Gasteiger partial charge in [-0.2, -0.15) is 0 Å². The highest BCUT2D eigenvalue weighted by atomic mass is 79.9. The van der Waals surface area contributed by atoms with Crippen molar-refractivity contribution in [1.29, 1.82) is 0 Å². The highest BCUT2D eigenvalue weighted by Gasteiger charge is 2.24. The Hall–Kier alpha value is -0.910. The van der Waals surface area contributed by atoms with Gasteiger partial charge in [0.2, 0.25) is 0 Å². The Morgan fingerprint density at radius 2 is 2.24 bits per heavy atom. The van der Waals surface area contributed by atoms with Crippen molar-refractivity contribution in [1.82, 2.24) is 10.3 Å². The quantitative estimate of drug-likeness (QED) is 0.882. The van der Waals surface area contributed by atoms with E-state index in [9.17, 15) is 0 Å². The molecule has 1 unspecified atom stereocenters. The molecule has 0 spiro atoms. The van der Waals surface area contributed by atoms with Crippen molar-refractivity contribution in [2.75, 3.05) is 19.0 Å². The summed E-state index contributed by atoms with van der Waals surface area (Å²) in [5, 5.41) is 4.54. The highest BCUT2D eigenvalue weighted by Crippen LogP contribution is 2.37. The zero-order valence-electron chi connectivity index (χ0n) is 12.4. The summed E-state index contributed by atoms with van der Waals surface area (Å²) in [6.07, 6.45) is 3.57. The number of hydrogen-bond acceptors (Lipinski definition) is 4. The summed E-state index contributed by atoms with van der Waals surface area (Å²) in [6.45, 7) is 0.873. The molecule has 5 heteroatoms. The molecule has 0 saturated heterocycles.